The summed E-state index contributed by atoms with van der Waals surface area (Å²) >= 11 is 0. The predicted molar refractivity (Wildman–Crippen MR) is 93.4 cm³/mol. The van der Waals surface area contributed by atoms with Crippen LogP contribution in [0.2, 0.25) is 0 Å². The Labute approximate surface area is 171 Å². The van der Waals surface area contributed by atoms with E-state index in [9.17, 15) is 39.3 Å². The Morgan fingerprint density at radius 3 is 2.07 bits per heavy atom. The summed E-state index contributed by atoms with van der Waals surface area (Å²) in [5.41, 5.74) is 0. The van der Waals surface area contributed by atoms with Gasteiger partial charge in [-0.3, -0.25) is 19.2 Å². The van der Waals surface area contributed by atoms with E-state index in [0.29, 0.717) is 0 Å². The molecule has 1 saturated heterocycles. The number of aliphatic hydroxyl groups excluding tert-OH is 1. The van der Waals surface area contributed by atoms with Gasteiger partial charge in [-0.05, 0) is 0 Å². The van der Waals surface area contributed by atoms with Gasteiger partial charge in [-0.1, -0.05) is 0 Å². The number of carboxylic acid groups (broad SMARTS) is 1. The second-order valence-electron chi connectivity index (χ2n) is 6.69. The third-order valence-corrected chi connectivity index (χ3v) is 4.05. The van der Waals surface area contributed by atoms with Crippen LogP contribution in [0.3, 0.4) is 0 Å². The molecule has 1 aliphatic heterocycles. The van der Waals surface area contributed by atoms with E-state index in [1.54, 1.807) is 0 Å². The van der Waals surface area contributed by atoms with Gasteiger partial charge in [-0.15, -0.1) is 0 Å². The van der Waals surface area contributed by atoms with Gasteiger partial charge in [0.15, 0.2) is 12.2 Å². The van der Waals surface area contributed by atoms with Crippen LogP contribution >= 0.6 is 0 Å². The van der Waals surface area contributed by atoms with Crippen molar-refractivity contribution < 1.29 is 58.2 Å². The van der Waals surface area contributed by atoms with Crippen LogP contribution in [-0.2, 0) is 42.9 Å². The van der Waals surface area contributed by atoms with E-state index in [1.807, 2.05) is 0 Å². The first kappa shape index (κ1) is 25.3. The Hall–Kier alpha value is -2.77. The molecule has 1 aliphatic rings. The van der Waals surface area contributed by atoms with Crippen molar-refractivity contribution in [3.63, 3.8) is 0 Å². The molecule has 13 heteroatoms. The van der Waals surface area contributed by atoms with Crippen molar-refractivity contribution in [2.45, 2.75) is 70.4 Å². The molecule has 4 N–H and O–H groups in total. The van der Waals surface area contributed by atoms with Crippen LogP contribution < -0.4 is 5.32 Å². The van der Waals surface area contributed by atoms with Crippen LogP contribution in [0.1, 0.15) is 34.1 Å². The summed E-state index contributed by atoms with van der Waals surface area (Å²) in [6, 6.07) is -1.37. The number of carboxylic acids is 1. The lowest BCUT2D eigenvalue weighted by Gasteiger charge is -2.45. The van der Waals surface area contributed by atoms with Gasteiger partial charge in [-0.25, -0.2) is 4.79 Å². The topological polar surface area (TPSA) is 195 Å². The fraction of sp³-hybridized carbons (Fsp3) is 0.706. The lowest BCUT2D eigenvalue weighted by molar-refractivity contribution is -0.297. The smallest absolute Gasteiger partial charge is 0.364 e. The highest BCUT2D eigenvalue weighted by Crippen LogP contribution is 2.32. The van der Waals surface area contributed by atoms with Gasteiger partial charge in [0.25, 0.3) is 5.79 Å². The van der Waals surface area contributed by atoms with Crippen molar-refractivity contribution in [1.29, 1.82) is 0 Å². The Balaban J connectivity index is 3.44. The number of aliphatic hydroxyl groups is 2. The average molecular weight is 435 g/mol. The minimum atomic E-state index is -2.90. The molecule has 0 bridgehead atoms. The maximum atomic E-state index is 11.7. The molecule has 13 nitrogen and oxygen atoms in total. The number of carbonyl (C=O) groups is 5. The second kappa shape index (κ2) is 10.3. The maximum absolute atomic E-state index is 11.7. The molecular formula is C17H25NO12. The van der Waals surface area contributed by atoms with E-state index >= 15 is 0 Å². The number of carbonyl (C=O) groups excluding carboxylic acids is 4. The van der Waals surface area contributed by atoms with Crippen LogP contribution in [0.15, 0.2) is 0 Å². The first-order valence-electron chi connectivity index (χ1n) is 8.83. The Morgan fingerprint density at radius 1 is 1.07 bits per heavy atom. The van der Waals surface area contributed by atoms with Crippen molar-refractivity contribution >= 4 is 29.8 Å². The second-order valence-corrected chi connectivity index (χ2v) is 6.69. The molecular weight excluding hydrogens is 410 g/mol. The Morgan fingerprint density at radius 2 is 1.63 bits per heavy atom. The zero-order chi connectivity index (χ0) is 23.2. The average Bonchev–Trinajstić information content (AvgIpc) is 2.58. The summed E-state index contributed by atoms with van der Waals surface area (Å²) in [5, 5.41) is 32.3. The summed E-state index contributed by atoms with van der Waals surface area (Å²) in [4.78, 5) is 57.4. The number of hydrogen-bond acceptors (Lipinski definition) is 11. The molecule has 0 aliphatic carbocycles. The first-order valence-corrected chi connectivity index (χ1v) is 8.83. The number of amides is 1. The third-order valence-electron chi connectivity index (χ3n) is 4.05. The van der Waals surface area contributed by atoms with E-state index in [1.165, 1.54) is 0 Å². The molecule has 0 unspecified atom stereocenters. The summed E-state index contributed by atoms with van der Waals surface area (Å²) in [7, 11) is 0. The Bertz CT molecular complexity index is 694. The highest BCUT2D eigenvalue weighted by atomic mass is 16.7. The maximum Gasteiger partial charge on any atom is 0.364 e. The van der Waals surface area contributed by atoms with Crippen molar-refractivity contribution in [1.82, 2.24) is 5.32 Å². The van der Waals surface area contributed by atoms with Crippen molar-refractivity contribution in [2.24, 2.45) is 0 Å². The predicted octanol–water partition coefficient (Wildman–Crippen LogP) is -2.16. The van der Waals surface area contributed by atoms with Gasteiger partial charge in [-0.2, -0.15) is 0 Å². The van der Waals surface area contributed by atoms with E-state index in [0.717, 1.165) is 27.7 Å². The minimum absolute atomic E-state index is 0.624. The van der Waals surface area contributed by atoms with Gasteiger partial charge < -0.3 is 39.6 Å². The quantitative estimate of drug-likeness (QED) is 0.238. The molecule has 1 rings (SSSR count). The fourth-order valence-corrected chi connectivity index (χ4v) is 2.95. The van der Waals surface area contributed by atoms with Gasteiger partial charge in [0.05, 0.1) is 12.1 Å². The molecule has 1 amide bonds. The molecule has 0 radical (unpaired) electrons. The largest absolute Gasteiger partial charge is 0.477 e. The molecule has 1 heterocycles. The SMILES string of the molecule is CC(=O)N[C@H]1[C@H]([C@H](OC(C)=O)[C@@H](COC(C)=O)OC(C)=O)O[C@](O)(C(=O)O)C[C@@H]1O. The van der Waals surface area contributed by atoms with Crippen LogP contribution in [0.25, 0.3) is 0 Å². The van der Waals surface area contributed by atoms with E-state index in [2.05, 4.69) is 5.32 Å². The molecule has 0 aromatic rings. The number of esters is 3. The number of rotatable bonds is 8. The van der Waals surface area contributed by atoms with E-state index in [-0.39, 0.29) is 0 Å². The standard InChI is InChI=1S/C17H25NO12/c1-7(19)18-13-11(23)5-17(26,16(24)25)30-15(13)14(29-10(4)22)12(28-9(3)21)6-27-8(2)20/h11-15,23,26H,5-6H2,1-4H3,(H,18,19)(H,24,25)/t11-,12+,13+,14+,15+,17-/m0/s1. The summed E-state index contributed by atoms with van der Waals surface area (Å²) in [5.74, 6) is -7.97. The molecule has 0 aromatic heterocycles. The molecule has 1 fully saturated rings. The van der Waals surface area contributed by atoms with Crippen molar-refractivity contribution in [3.05, 3.63) is 0 Å². The Kier molecular flexibility index (Phi) is 8.69. The lowest BCUT2D eigenvalue weighted by atomic mass is 9.88. The normalized spacial score (nSPS) is 27.9. The number of nitrogens with one attached hydrogen (secondary N) is 1. The first-order chi connectivity index (χ1) is 13.8. The van der Waals surface area contributed by atoms with Gasteiger partial charge in [0.1, 0.15) is 12.7 Å². The van der Waals surface area contributed by atoms with E-state index < -0.39 is 79.1 Å². The van der Waals surface area contributed by atoms with Gasteiger partial charge >= 0.3 is 23.9 Å². The van der Waals surface area contributed by atoms with Crippen molar-refractivity contribution in [3.8, 4) is 0 Å². The number of hydrogen-bond donors (Lipinski definition) is 4. The number of aliphatic carboxylic acids is 1. The third kappa shape index (κ3) is 6.93. The highest BCUT2D eigenvalue weighted by Gasteiger charge is 2.55. The van der Waals surface area contributed by atoms with Crippen LogP contribution in [-0.4, -0.2) is 88.0 Å². The highest BCUT2D eigenvalue weighted by molar-refractivity contribution is 5.76. The molecule has 0 saturated carbocycles. The van der Waals surface area contributed by atoms with Gasteiger partial charge in [0.2, 0.25) is 5.91 Å². The molecule has 30 heavy (non-hydrogen) atoms. The summed E-state index contributed by atoms with van der Waals surface area (Å²) < 4.78 is 20.2. The summed E-state index contributed by atoms with van der Waals surface area (Å²) in [6.07, 6.45) is -7.37. The van der Waals surface area contributed by atoms with Crippen LogP contribution in [0.5, 0.6) is 0 Å². The van der Waals surface area contributed by atoms with Crippen molar-refractivity contribution in [2.75, 3.05) is 6.61 Å². The molecule has 170 valence electrons. The minimum Gasteiger partial charge on any atom is -0.477 e. The van der Waals surface area contributed by atoms with Crippen LogP contribution in [0.4, 0.5) is 0 Å². The molecule has 0 aromatic carbocycles. The summed E-state index contributed by atoms with van der Waals surface area (Å²) in [6.45, 7) is 3.54. The zero-order valence-electron chi connectivity index (χ0n) is 16.8. The van der Waals surface area contributed by atoms with E-state index in [4.69, 9.17) is 18.9 Å². The zero-order valence-corrected chi connectivity index (χ0v) is 16.8. The fourth-order valence-electron chi connectivity index (χ4n) is 2.95. The number of ether oxygens (including phenoxy) is 4. The van der Waals surface area contributed by atoms with Gasteiger partial charge in [0, 0.05) is 34.1 Å². The monoisotopic (exact) mass is 435 g/mol. The lowest BCUT2D eigenvalue weighted by Crippen LogP contribution is -2.68. The molecule has 6 atom stereocenters. The molecule has 0 spiro atoms. The van der Waals surface area contributed by atoms with Crippen LogP contribution in [0, 0.1) is 0 Å².